The van der Waals surface area contributed by atoms with Gasteiger partial charge in [0.05, 0.1) is 0 Å². The van der Waals surface area contributed by atoms with Crippen molar-refractivity contribution in [3.63, 3.8) is 0 Å². The Labute approximate surface area is 76.6 Å². The summed E-state index contributed by atoms with van der Waals surface area (Å²) >= 11 is 0. The van der Waals surface area contributed by atoms with Gasteiger partial charge in [0, 0.05) is 12.3 Å². The van der Waals surface area contributed by atoms with E-state index < -0.39 is 0 Å². The molecule has 0 aliphatic heterocycles. The van der Waals surface area contributed by atoms with E-state index in [1.165, 1.54) is 0 Å². The Kier molecular flexibility index (Phi) is 5.19. The molecular weight excluding hydrogens is 148 g/mol. The zero-order chi connectivity index (χ0) is 9.72. The molecule has 1 heteroatoms. The lowest BCUT2D eigenvalue weighted by atomic mass is 9.91. The third-order valence-electron chi connectivity index (χ3n) is 2.63. The van der Waals surface area contributed by atoms with Gasteiger partial charge in [0.2, 0.25) is 0 Å². The molecule has 0 amide bonds. The van der Waals surface area contributed by atoms with E-state index in [1.54, 1.807) is 0 Å². The molecule has 0 aliphatic carbocycles. The van der Waals surface area contributed by atoms with Crippen LogP contribution >= 0.6 is 0 Å². The Morgan fingerprint density at radius 1 is 1.08 bits per heavy atom. The number of hydrogen-bond donors (Lipinski definition) is 0. The first kappa shape index (κ1) is 11.7. The van der Waals surface area contributed by atoms with Crippen molar-refractivity contribution in [1.29, 1.82) is 0 Å². The van der Waals surface area contributed by atoms with Crippen molar-refractivity contribution >= 4 is 5.78 Å². The highest BCUT2D eigenvalue weighted by molar-refractivity contribution is 5.80. The minimum absolute atomic E-state index is 0.212. The molecule has 1 nitrogen and oxygen atoms in total. The Balaban J connectivity index is 3.61. The highest BCUT2D eigenvalue weighted by atomic mass is 16.1. The molecule has 0 aromatic heterocycles. The Morgan fingerprint density at radius 3 is 1.92 bits per heavy atom. The van der Waals surface area contributed by atoms with Crippen LogP contribution in [0.2, 0.25) is 0 Å². The van der Waals surface area contributed by atoms with Gasteiger partial charge in [-0.25, -0.2) is 0 Å². The standard InChI is InChI=1S/C11H22O/c1-8(2)10(5)6-7-11(12)9(3)4/h8-10H,6-7H2,1-5H3/t10-/m0/s1. The minimum Gasteiger partial charge on any atom is -0.299 e. The van der Waals surface area contributed by atoms with Crippen molar-refractivity contribution in [2.45, 2.75) is 47.5 Å². The molecule has 0 saturated heterocycles. The smallest absolute Gasteiger partial charge is 0.135 e. The molecule has 0 radical (unpaired) electrons. The Bertz CT molecular complexity index is 136. The Morgan fingerprint density at radius 2 is 1.58 bits per heavy atom. The molecule has 12 heavy (non-hydrogen) atoms. The molecular formula is C11H22O. The van der Waals surface area contributed by atoms with Crippen LogP contribution in [0.3, 0.4) is 0 Å². The summed E-state index contributed by atoms with van der Waals surface area (Å²) in [6, 6.07) is 0. The van der Waals surface area contributed by atoms with E-state index in [1.807, 2.05) is 13.8 Å². The maximum absolute atomic E-state index is 11.3. The average Bonchev–Trinajstić information content (AvgIpc) is 1.98. The number of hydrogen-bond acceptors (Lipinski definition) is 1. The van der Waals surface area contributed by atoms with Gasteiger partial charge in [0.25, 0.3) is 0 Å². The van der Waals surface area contributed by atoms with Crippen molar-refractivity contribution in [2.75, 3.05) is 0 Å². The first-order chi connectivity index (χ1) is 5.45. The summed E-state index contributed by atoms with van der Waals surface area (Å²) in [7, 11) is 0. The second-order valence-corrected chi connectivity index (χ2v) is 4.38. The van der Waals surface area contributed by atoms with Crippen LogP contribution in [0.4, 0.5) is 0 Å². The van der Waals surface area contributed by atoms with Gasteiger partial charge in [0.15, 0.2) is 0 Å². The van der Waals surface area contributed by atoms with Gasteiger partial charge >= 0.3 is 0 Å². The average molecular weight is 170 g/mol. The third kappa shape index (κ3) is 4.53. The number of rotatable bonds is 5. The number of Topliss-reactive ketones (excluding diaryl/α,β-unsaturated/α-hetero) is 1. The van der Waals surface area contributed by atoms with Crippen LogP contribution < -0.4 is 0 Å². The van der Waals surface area contributed by atoms with Crippen LogP contribution in [0, 0.1) is 17.8 Å². The summed E-state index contributed by atoms with van der Waals surface area (Å²) in [5.41, 5.74) is 0. The predicted octanol–water partition coefficient (Wildman–Crippen LogP) is 3.28. The first-order valence-electron chi connectivity index (χ1n) is 4.97. The molecule has 0 saturated carbocycles. The van der Waals surface area contributed by atoms with Crippen molar-refractivity contribution in [2.24, 2.45) is 17.8 Å². The third-order valence-corrected chi connectivity index (χ3v) is 2.63. The minimum atomic E-state index is 0.212. The van der Waals surface area contributed by atoms with Gasteiger partial charge in [0.1, 0.15) is 5.78 Å². The van der Waals surface area contributed by atoms with Crippen molar-refractivity contribution in [3.05, 3.63) is 0 Å². The van der Waals surface area contributed by atoms with E-state index in [0.29, 0.717) is 17.6 Å². The normalized spacial score (nSPS) is 13.9. The summed E-state index contributed by atoms with van der Waals surface area (Å²) in [5, 5.41) is 0. The lowest BCUT2D eigenvalue weighted by molar-refractivity contribution is -0.122. The Hall–Kier alpha value is -0.330. The number of carbonyl (C=O) groups excluding carboxylic acids is 1. The molecule has 0 aliphatic rings. The molecule has 0 heterocycles. The van der Waals surface area contributed by atoms with Crippen LogP contribution in [0.1, 0.15) is 47.5 Å². The monoisotopic (exact) mass is 170 g/mol. The van der Waals surface area contributed by atoms with E-state index in [-0.39, 0.29) is 5.92 Å². The fourth-order valence-corrected chi connectivity index (χ4v) is 0.992. The fourth-order valence-electron chi connectivity index (χ4n) is 0.992. The zero-order valence-corrected chi connectivity index (χ0v) is 9.05. The molecule has 0 N–H and O–H groups in total. The lowest BCUT2D eigenvalue weighted by Gasteiger charge is -2.14. The van der Waals surface area contributed by atoms with Gasteiger partial charge in [-0.15, -0.1) is 0 Å². The molecule has 0 rings (SSSR count). The number of ketones is 1. The SMILES string of the molecule is CC(C)C(=O)CC[C@H](C)C(C)C. The van der Waals surface area contributed by atoms with Crippen LogP contribution in [0.5, 0.6) is 0 Å². The van der Waals surface area contributed by atoms with Crippen molar-refractivity contribution < 1.29 is 4.79 Å². The molecule has 1 atom stereocenters. The molecule has 0 spiro atoms. The summed E-state index contributed by atoms with van der Waals surface area (Å²) < 4.78 is 0. The van der Waals surface area contributed by atoms with E-state index in [9.17, 15) is 4.79 Å². The lowest BCUT2D eigenvalue weighted by Crippen LogP contribution is -2.11. The van der Waals surface area contributed by atoms with Gasteiger partial charge < -0.3 is 0 Å². The largest absolute Gasteiger partial charge is 0.299 e. The van der Waals surface area contributed by atoms with E-state index in [2.05, 4.69) is 20.8 Å². The summed E-state index contributed by atoms with van der Waals surface area (Å²) in [6.45, 7) is 10.6. The second kappa shape index (κ2) is 5.34. The van der Waals surface area contributed by atoms with Crippen LogP contribution in [-0.2, 0) is 4.79 Å². The van der Waals surface area contributed by atoms with Crippen LogP contribution in [-0.4, -0.2) is 5.78 Å². The molecule has 0 bridgehead atoms. The van der Waals surface area contributed by atoms with Crippen LogP contribution in [0.15, 0.2) is 0 Å². The van der Waals surface area contributed by atoms with E-state index in [0.717, 1.165) is 12.8 Å². The van der Waals surface area contributed by atoms with Gasteiger partial charge in [-0.1, -0.05) is 34.6 Å². The van der Waals surface area contributed by atoms with Crippen LogP contribution in [0.25, 0.3) is 0 Å². The maximum Gasteiger partial charge on any atom is 0.135 e. The van der Waals surface area contributed by atoms with Crippen molar-refractivity contribution in [3.8, 4) is 0 Å². The van der Waals surface area contributed by atoms with E-state index >= 15 is 0 Å². The van der Waals surface area contributed by atoms with Crippen molar-refractivity contribution in [1.82, 2.24) is 0 Å². The summed E-state index contributed by atoms with van der Waals surface area (Å²) in [5.74, 6) is 1.99. The van der Waals surface area contributed by atoms with Gasteiger partial charge in [-0.3, -0.25) is 4.79 Å². The predicted molar refractivity (Wildman–Crippen MR) is 53.1 cm³/mol. The quantitative estimate of drug-likeness (QED) is 0.619. The molecule has 0 aromatic carbocycles. The van der Waals surface area contributed by atoms with Gasteiger partial charge in [-0.05, 0) is 18.3 Å². The summed E-state index contributed by atoms with van der Waals surface area (Å²) in [4.78, 5) is 11.3. The second-order valence-electron chi connectivity index (χ2n) is 4.38. The zero-order valence-electron chi connectivity index (χ0n) is 9.05. The highest BCUT2D eigenvalue weighted by Crippen LogP contribution is 2.17. The molecule has 0 unspecified atom stereocenters. The molecule has 0 fully saturated rings. The summed E-state index contributed by atoms with van der Waals surface area (Å²) in [6.07, 6.45) is 1.81. The van der Waals surface area contributed by atoms with E-state index in [4.69, 9.17) is 0 Å². The number of carbonyl (C=O) groups is 1. The topological polar surface area (TPSA) is 17.1 Å². The highest BCUT2D eigenvalue weighted by Gasteiger charge is 2.11. The molecule has 72 valence electrons. The maximum atomic E-state index is 11.3. The molecule has 0 aromatic rings. The first-order valence-corrected chi connectivity index (χ1v) is 4.97. The fraction of sp³-hybridized carbons (Fsp3) is 0.909. The van der Waals surface area contributed by atoms with Gasteiger partial charge in [-0.2, -0.15) is 0 Å².